The Kier molecular flexibility index (Phi) is 7.68. The summed E-state index contributed by atoms with van der Waals surface area (Å²) in [6, 6.07) is 20.1. The molecule has 0 unspecified atom stereocenters. The van der Waals surface area contributed by atoms with E-state index >= 15 is 0 Å². The first-order chi connectivity index (χ1) is 13.9. The lowest BCUT2D eigenvalue weighted by Gasteiger charge is -2.13. The second-order valence-corrected chi connectivity index (χ2v) is 9.72. The van der Waals surface area contributed by atoms with E-state index < -0.39 is 0 Å². The SMILES string of the molecule is CC(C)c1ccccc1SCc1cc(=O)cc(CSc2ccccc2C(C)C)o1. The van der Waals surface area contributed by atoms with Gasteiger partial charge >= 0.3 is 0 Å². The Morgan fingerprint density at radius 2 is 1.14 bits per heavy atom. The summed E-state index contributed by atoms with van der Waals surface area (Å²) >= 11 is 3.45. The topological polar surface area (TPSA) is 30.2 Å². The highest BCUT2D eigenvalue weighted by Crippen LogP contribution is 2.32. The van der Waals surface area contributed by atoms with E-state index in [4.69, 9.17) is 4.42 Å². The van der Waals surface area contributed by atoms with Gasteiger partial charge in [-0.05, 0) is 35.1 Å². The molecule has 1 aromatic heterocycles. The third-order valence-corrected chi connectivity index (χ3v) is 6.91. The second kappa shape index (κ2) is 10.2. The van der Waals surface area contributed by atoms with Gasteiger partial charge in [0.05, 0.1) is 11.5 Å². The fourth-order valence-corrected chi connectivity index (χ4v) is 5.37. The van der Waals surface area contributed by atoms with Crippen molar-refractivity contribution in [2.24, 2.45) is 0 Å². The van der Waals surface area contributed by atoms with E-state index in [0.29, 0.717) is 23.3 Å². The maximum absolute atomic E-state index is 12.2. The van der Waals surface area contributed by atoms with Crippen molar-refractivity contribution in [2.75, 3.05) is 0 Å². The van der Waals surface area contributed by atoms with Crippen molar-refractivity contribution in [1.29, 1.82) is 0 Å². The summed E-state index contributed by atoms with van der Waals surface area (Å²) in [6.45, 7) is 8.80. The molecule has 2 nitrogen and oxygen atoms in total. The molecule has 0 amide bonds. The van der Waals surface area contributed by atoms with Gasteiger partial charge in [-0.15, -0.1) is 23.5 Å². The summed E-state index contributed by atoms with van der Waals surface area (Å²) < 4.78 is 6.06. The molecule has 0 aliphatic carbocycles. The molecule has 3 aromatic rings. The molecule has 3 rings (SSSR count). The van der Waals surface area contributed by atoms with Crippen LogP contribution in [0.1, 0.15) is 62.2 Å². The molecule has 0 N–H and O–H groups in total. The van der Waals surface area contributed by atoms with Crippen LogP contribution in [0.2, 0.25) is 0 Å². The highest BCUT2D eigenvalue weighted by atomic mass is 32.2. The lowest BCUT2D eigenvalue weighted by atomic mass is 10.0. The highest BCUT2D eigenvalue weighted by molar-refractivity contribution is 7.98. The molecular weight excluding hydrogens is 396 g/mol. The van der Waals surface area contributed by atoms with Crippen molar-refractivity contribution in [3.05, 3.63) is 93.5 Å². The van der Waals surface area contributed by atoms with Gasteiger partial charge in [-0.25, -0.2) is 0 Å². The molecule has 0 saturated heterocycles. The van der Waals surface area contributed by atoms with Gasteiger partial charge in [0, 0.05) is 21.9 Å². The van der Waals surface area contributed by atoms with Crippen molar-refractivity contribution in [2.45, 2.75) is 60.8 Å². The van der Waals surface area contributed by atoms with E-state index in [1.54, 1.807) is 35.7 Å². The lowest BCUT2D eigenvalue weighted by molar-refractivity contribution is 0.477. The van der Waals surface area contributed by atoms with E-state index in [-0.39, 0.29) is 5.43 Å². The average Bonchev–Trinajstić information content (AvgIpc) is 2.70. The molecule has 0 bridgehead atoms. The Morgan fingerprint density at radius 1 is 0.724 bits per heavy atom. The van der Waals surface area contributed by atoms with E-state index in [0.717, 1.165) is 11.5 Å². The van der Waals surface area contributed by atoms with E-state index in [9.17, 15) is 4.79 Å². The van der Waals surface area contributed by atoms with Crippen molar-refractivity contribution in [3.63, 3.8) is 0 Å². The Morgan fingerprint density at radius 3 is 1.55 bits per heavy atom. The fourth-order valence-electron chi connectivity index (χ4n) is 3.20. The summed E-state index contributed by atoms with van der Waals surface area (Å²) in [4.78, 5) is 14.7. The van der Waals surface area contributed by atoms with Crippen LogP contribution >= 0.6 is 23.5 Å². The van der Waals surface area contributed by atoms with Gasteiger partial charge in [-0.2, -0.15) is 0 Å². The molecule has 1 heterocycles. The number of benzene rings is 2. The molecule has 0 spiro atoms. The zero-order valence-electron chi connectivity index (χ0n) is 17.5. The van der Waals surface area contributed by atoms with Gasteiger partial charge in [0.2, 0.25) is 0 Å². The standard InChI is InChI=1S/C25H28O2S2/c1-17(2)22-9-5-7-11-24(22)28-15-20-13-19(26)14-21(27-20)16-29-25-12-8-6-10-23(25)18(3)4/h5-14,17-18H,15-16H2,1-4H3. The van der Waals surface area contributed by atoms with E-state index in [1.165, 1.54) is 20.9 Å². The van der Waals surface area contributed by atoms with Crippen molar-refractivity contribution >= 4 is 23.5 Å². The monoisotopic (exact) mass is 424 g/mol. The van der Waals surface area contributed by atoms with Crippen LogP contribution in [-0.2, 0) is 11.5 Å². The Hall–Kier alpha value is -1.91. The Labute approximate surface area is 182 Å². The number of rotatable bonds is 8. The summed E-state index contributed by atoms with van der Waals surface area (Å²) in [5, 5.41) is 0. The summed E-state index contributed by atoms with van der Waals surface area (Å²) in [5.41, 5.74) is 2.67. The first-order valence-electron chi connectivity index (χ1n) is 10.0. The third-order valence-electron chi connectivity index (χ3n) is 4.69. The minimum atomic E-state index is 0.0109. The van der Waals surface area contributed by atoms with Crippen LogP contribution in [0.5, 0.6) is 0 Å². The second-order valence-electron chi connectivity index (χ2n) is 7.69. The van der Waals surface area contributed by atoms with Crippen molar-refractivity contribution in [3.8, 4) is 0 Å². The zero-order chi connectivity index (χ0) is 20.8. The number of hydrogen-bond donors (Lipinski definition) is 0. The summed E-state index contributed by atoms with van der Waals surface area (Å²) in [5.74, 6) is 3.70. The maximum atomic E-state index is 12.2. The van der Waals surface area contributed by atoms with E-state index in [2.05, 4.69) is 76.2 Å². The van der Waals surface area contributed by atoms with Crippen LogP contribution in [0.4, 0.5) is 0 Å². The molecule has 29 heavy (non-hydrogen) atoms. The molecule has 152 valence electrons. The van der Waals surface area contributed by atoms with Crippen LogP contribution in [0, 0.1) is 0 Å². The fraction of sp³-hybridized carbons (Fsp3) is 0.320. The smallest absolute Gasteiger partial charge is 0.185 e. The number of hydrogen-bond acceptors (Lipinski definition) is 4. The van der Waals surface area contributed by atoms with Gasteiger partial charge in [0.15, 0.2) is 5.43 Å². The quantitative estimate of drug-likeness (QED) is 0.351. The average molecular weight is 425 g/mol. The predicted molar refractivity (Wildman–Crippen MR) is 125 cm³/mol. The first kappa shape index (κ1) is 21.8. The molecule has 0 atom stereocenters. The van der Waals surface area contributed by atoms with Crippen LogP contribution in [-0.4, -0.2) is 0 Å². The van der Waals surface area contributed by atoms with Gasteiger partial charge < -0.3 is 4.42 Å². The third kappa shape index (κ3) is 6.03. The summed E-state index contributed by atoms with van der Waals surface area (Å²) in [7, 11) is 0. The van der Waals surface area contributed by atoms with Gasteiger partial charge in [0.25, 0.3) is 0 Å². The summed E-state index contributed by atoms with van der Waals surface area (Å²) in [6.07, 6.45) is 0. The molecule has 4 heteroatoms. The first-order valence-corrected chi connectivity index (χ1v) is 12.0. The largest absolute Gasteiger partial charge is 0.464 e. The van der Waals surface area contributed by atoms with Crippen LogP contribution in [0.15, 0.2) is 79.7 Å². The molecule has 0 fully saturated rings. The minimum absolute atomic E-state index is 0.0109. The molecular formula is C25H28O2S2. The van der Waals surface area contributed by atoms with Crippen molar-refractivity contribution in [1.82, 2.24) is 0 Å². The lowest BCUT2D eigenvalue weighted by Crippen LogP contribution is -2.02. The minimum Gasteiger partial charge on any atom is -0.464 e. The van der Waals surface area contributed by atoms with Crippen LogP contribution < -0.4 is 5.43 Å². The molecule has 2 aromatic carbocycles. The van der Waals surface area contributed by atoms with Crippen molar-refractivity contribution < 1.29 is 4.42 Å². The van der Waals surface area contributed by atoms with Gasteiger partial charge in [-0.1, -0.05) is 64.1 Å². The highest BCUT2D eigenvalue weighted by Gasteiger charge is 2.10. The van der Waals surface area contributed by atoms with E-state index in [1.807, 2.05) is 0 Å². The normalized spacial score (nSPS) is 11.4. The molecule has 0 radical (unpaired) electrons. The maximum Gasteiger partial charge on any atom is 0.185 e. The molecule has 0 aliphatic heterocycles. The van der Waals surface area contributed by atoms with Gasteiger partial charge in [0.1, 0.15) is 11.5 Å². The predicted octanol–water partition coefficient (Wildman–Crippen LogP) is 7.47. The Balaban J connectivity index is 1.72. The van der Waals surface area contributed by atoms with Crippen LogP contribution in [0.3, 0.4) is 0 Å². The number of thioether (sulfide) groups is 2. The zero-order valence-corrected chi connectivity index (χ0v) is 19.1. The molecule has 0 aliphatic rings. The Bertz CT molecular complexity index is 929. The van der Waals surface area contributed by atoms with Crippen LogP contribution in [0.25, 0.3) is 0 Å². The van der Waals surface area contributed by atoms with Gasteiger partial charge in [-0.3, -0.25) is 4.79 Å². The molecule has 0 saturated carbocycles.